The van der Waals surface area contributed by atoms with Crippen LogP contribution < -0.4 is 10.1 Å². The number of ether oxygens (including phenoxy) is 2. The van der Waals surface area contributed by atoms with Crippen LogP contribution in [0.25, 0.3) is 0 Å². The van der Waals surface area contributed by atoms with E-state index in [-0.39, 0.29) is 6.10 Å². The molecule has 0 saturated carbocycles. The third-order valence-corrected chi connectivity index (χ3v) is 3.11. The van der Waals surface area contributed by atoms with Crippen molar-refractivity contribution in [3.05, 3.63) is 18.1 Å². The third-order valence-electron chi connectivity index (χ3n) is 3.11. The highest BCUT2D eigenvalue weighted by molar-refractivity contribution is 5.07. The van der Waals surface area contributed by atoms with Gasteiger partial charge in [0, 0.05) is 13.2 Å². The van der Waals surface area contributed by atoms with Gasteiger partial charge in [0.1, 0.15) is 6.61 Å². The molecule has 1 aromatic rings. The molecule has 1 fully saturated rings. The summed E-state index contributed by atoms with van der Waals surface area (Å²) in [5, 5.41) is 3.29. The van der Waals surface area contributed by atoms with Gasteiger partial charge in [0.25, 0.3) is 0 Å². The highest BCUT2D eigenvalue weighted by atomic mass is 16.5. The van der Waals surface area contributed by atoms with Gasteiger partial charge in [-0.25, -0.2) is 4.98 Å². The zero-order chi connectivity index (χ0) is 13.3. The molecule has 1 saturated heterocycles. The van der Waals surface area contributed by atoms with Gasteiger partial charge in [0.15, 0.2) is 0 Å². The van der Waals surface area contributed by atoms with Crippen molar-refractivity contribution in [1.82, 2.24) is 15.3 Å². The molecule has 0 amide bonds. The maximum Gasteiger partial charge on any atom is 0.232 e. The first-order valence-corrected chi connectivity index (χ1v) is 7.14. The average molecular weight is 265 g/mol. The van der Waals surface area contributed by atoms with Crippen LogP contribution >= 0.6 is 0 Å². The first kappa shape index (κ1) is 14.2. The molecular weight excluding hydrogens is 242 g/mol. The van der Waals surface area contributed by atoms with Crippen molar-refractivity contribution in [2.45, 2.75) is 45.3 Å². The molecule has 19 heavy (non-hydrogen) atoms. The summed E-state index contributed by atoms with van der Waals surface area (Å²) < 4.78 is 11.2. The Morgan fingerprint density at radius 1 is 1.37 bits per heavy atom. The van der Waals surface area contributed by atoms with Crippen LogP contribution in [0.15, 0.2) is 12.4 Å². The monoisotopic (exact) mass is 265 g/mol. The first-order chi connectivity index (χ1) is 9.38. The predicted octanol–water partition coefficient (Wildman–Crippen LogP) is 1.92. The van der Waals surface area contributed by atoms with Crippen molar-refractivity contribution in [2.24, 2.45) is 0 Å². The molecule has 5 nitrogen and oxygen atoms in total. The van der Waals surface area contributed by atoms with E-state index in [0.29, 0.717) is 12.5 Å². The molecule has 1 aliphatic rings. The van der Waals surface area contributed by atoms with Gasteiger partial charge < -0.3 is 14.8 Å². The van der Waals surface area contributed by atoms with Crippen LogP contribution in [0, 0.1) is 0 Å². The standard InChI is InChI=1S/C14H23N3O2/c1-2-6-15-8-12-9-17-14(10-16-12)19-11-13-5-3-4-7-18-13/h9-10,13,15H,2-8,11H2,1H3. The summed E-state index contributed by atoms with van der Waals surface area (Å²) in [6.45, 7) is 5.32. The fraction of sp³-hybridized carbons (Fsp3) is 0.714. The molecule has 1 N–H and O–H groups in total. The van der Waals surface area contributed by atoms with Gasteiger partial charge in [-0.05, 0) is 32.2 Å². The zero-order valence-corrected chi connectivity index (χ0v) is 11.6. The zero-order valence-electron chi connectivity index (χ0n) is 11.6. The van der Waals surface area contributed by atoms with E-state index in [9.17, 15) is 0 Å². The minimum atomic E-state index is 0.210. The molecule has 1 aromatic heterocycles. The average Bonchev–Trinajstić information content (AvgIpc) is 2.48. The van der Waals surface area contributed by atoms with Crippen molar-refractivity contribution < 1.29 is 9.47 Å². The van der Waals surface area contributed by atoms with Crippen molar-refractivity contribution in [3.8, 4) is 5.88 Å². The van der Waals surface area contributed by atoms with Crippen molar-refractivity contribution in [2.75, 3.05) is 19.8 Å². The van der Waals surface area contributed by atoms with E-state index in [1.54, 1.807) is 12.4 Å². The molecule has 0 aromatic carbocycles. The number of aromatic nitrogens is 2. The van der Waals surface area contributed by atoms with E-state index in [1.165, 1.54) is 6.42 Å². The lowest BCUT2D eigenvalue weighted by atomic mass is 10.1. The summed E-state index contributed by atoms with van der Waals surface area (Å²) in [6, 6.07) is 0. The fourth-order valence-corrected chi connectivity index (χ4v) is 2.02. The molecular formula is C14H23N3O2. The summed E-state index contributed by atoms with van der Waals surface area (Å²) >= 11 is 0. The Hall–Kier alpha value is -1.20. The Morgan fingerprint density at radius 2 is 2.32 bits per heavy atom. The quantitative estimate of drug-likeness (QED) is 0.763. The number of hydrogen-bond donors (Lipinski definition) is 1. The molecule has 2 rings (SSSR count). The minimum Gasteiger partial charge on any atom is -0.474 e. The van der Waals surface area contributed by atoms with Gasteiger partial charge in [0.2, 0.25) is 5.88 Å². The summed E-state index contributed by atoms with van der Waals surface area (Å²) in [6.07, 6.45) is 8.24. The molecule has 0 aliphatic carbocycles. The Labute approximate surface area is 114 Å². The second-order valence-electron chi connectivity index (χ2n) is 4.82. The van der Waals surface area contributed by atoms with Gasteiger partial charge in [-0.2, -0.15) is 0 Å². The van der Waals surface area contributed by atoms with Gasteiger partial charge in [0.05, 0.1) is 24.2 Å². The first-order valence-electron chi connectivity index (χ1n) is 7.14. The van der Waals surface area contributed by atoms with Crippen LogP contribution in [0.4, 0.5) is 0 Å². The topological polar surface area (TPSA) is 56.3 Å². The van der Waals surface area contributed by atoms with Crippen LogP contribution in [0.5, 0.6) is 5.88 Å². The predicted molar refractivity (Wildman–Crippen MR) is 73.1 cm³/mol. The molecule has 1 aliphatic heterocycles. The van der Waals surface area contributed by atoms with Gasteiger partial charge in [-0.15, -0.1) is 0 Å². The Bertz CT molecular complexity index is 350. The Morgan fingerprint density at radius 3 is 3.00 bits per heavy atom. The van der Waals surface area contributed by atoms with Crippen LogP contribution in [0.3, 0.4) is 0 Å². The van der Waals surface area contributed by atoms with Crippen LogP contribution in [0.2, 0.25) is 0 Å². The minimum absolute atomic E-state index is 0.210. The molecule has 1 unspecified atom stereocenters. The summed E-state index contributed by atoms with van der Waals surface area (Å²) in [5.74, 6) is 0.577. The number of nitrogens with zero attached hydrogens (tertiary/aromatic N) is 2. The smallest absolute Gasteiger partial charge is 0.232 e. The summed E-state index contributed by atoms with van der Waals surface area (Å²) in [5.41, 5.74) is 0.940. The van der Waals surface area contributed by atoms with Crippen molar-refractivity contribution in [1.29, 1.82) is 0 Å². The lowest BCUT2D eigenvalue weighted by molar-refractivity contribution is -0.0120. The fourth-order valence-electron chi connectivity index (χ4n) is 2.02. The van der Waals surface area contributed by atoms with E-state index in [2.05, 4.69) is 22.2 Å². The van der Waals surface area contributed by atoms with Crippen LogP contribution in [-0.2, 0) is 11.3 Å². The SMILES string of the molecule is CCCNCc1cnc(OCC2CCCCO2)cn1. The maximum absolute atomic E-state index is 5.61. The molecule has 2 heterocycles. The normalized spacial score (nSPS) is 19.3. The van der Waals surface area contributed by atoms with E-state index in [1.807, 2.05) is 0 Å². The molecule has 0 spiro atoms. The van der Waals surface area contributed by atoms with Crippen LogP contribution in [-0.4, -0.2) is 35.8 Å². The second kappa shape index (κ2) is 8.07. The van der Waals surface area contributed by atoms with Gasteiger partial charge in [-0.3, -0.25) is 4.98 Å². The molecule has 0 bridgehead atoms. The van der Waals surface area contributed by atoms with E-state index in [0.717, 1.165) is 44.7 Å². The van der Waals surface area contributed by atoms with E-state index in [4.69, 9.17) is 9.47 Å². The van der Waals surface area contributed by atoms with Crippen molar-refractivity contribution in [3.63, 3.8) is 0 Å². The lowest BCUT2D eigenvalue weighted by Crippen LogP contribution is -2.26. The van der Waals surface area contributed by atoms with Gasteiger partial charge >= 0.3 is 0 Å². The highest BCUT2D eigenvalue weighted by Gasteiger charge is 2.14. The van der Waals surface area contributed by atoms with Crippen LogP contribution in [0.1, 0.15) is 38.3 Å². The Balaban J connectivity index is 1.71. The maximum atomic E-state index is 5.61. The number of hydrogen-bond acceptors (Lipinski definition) is 5. The van der Waals surface area contributed by atoms with E-state index < -0.39 is 0 Å². The molecule has 5 heteroatoms. The highest BCUT2D eigenvalue weighted by Crippen LogP contribution is 2.14. The molecule has 1 atom stereocenters. The van der Waals surface area contributed by atoms with Crippen molar-refractivity contribution >= 4 is 0 Å². The second-order valence-corrected chi connectivity index (χ2v) is 4.82. The molecule has 106 valence electrons. The van der Waals surface area contributed by atoms with E-state index >= 15 is 0 Å². The summed E-state index contributed by atoms with van der Waals surface area (Å²) in [7, 11) is 0. The third kappa shape index (κ3) is 5.12. The summed E-state index contributed by atoms with van der Waals surface area (Å²) in [4.78, 5) is 8.58. The number of nitrogens with one attached hydrogen (secondary N) is 1. The Kier molecular flexibility index (Phi) is 6.04. The molecule has 0 radical (unpaired) electrons. The van der Waals surface area contributed by atoms with Gasteiger partial charge in [-0.1, -0.05) is 6.92 Å². The lowest BCUT2D eigenvalue weighted by Gasteiger charge is -2.22. The largest absolute Gasteiger partial charge is 0.474 e. The number of rotatable bonds is 7.